The summed E-state index contributed by atoms with van der Waals surface area (Å²) in [6.45, 7) is 0. The minimum Gasteiger partial charge on any atom is -0.361 e. The Kier molecular flexibility index (Phi) is 2.86. The number of nitrogens with zero attached hydrogens (tertiary/aromatic N) is 3. The first-order chi connectivity index (χ1) is 8.93. The molecule has 2 aromatic heterocycles. The molecule has 7 heteroatoms. The zero-order valence-corrected chi connectivity index (χ0v) is 13.1. The van der Waals surface area contributed by atoms with E-state index in [0.29, 0.717) is 11.3 Å². The lowest BCUT2D eigenvalue weighted by atomic mass is 10.3. The van der Waals surface area contributed by atoms with Crippen molar-refractivity contribution >= 4 is 42.7 Å². The fourth-order valence-electron chi connectivity index (χ4n) is 2.14. The lowest BCUT2D eigenvalue weighted by molar-refractivity contribution is 0.587. The fraction of sp³-hybridized carbons (Fsp3) is 0.417. The monoisotopic (exact) mass is 343 g/mol. The number of pyridine rings is 1. The first-order valence-electron chi connectivity index (χ1n) is 6.00. The molecule has 1 saturated carbocycles. The van der Waals surface area contributed by atoms with Gasteiger partial charge < -0.3 is 4.90 Å². The molecule has 3 rings (SSSR count). The van der Waals surface area contributed by atoms with Crippen LogP contribution in [0.2, 0.25) is 0 Å². The standard InChI is InChI=1S/C12H14BrN3O2S/c1-15(2)12-11-9(10(13)7-14-12)5-6-16(11)19(17,18)8-3-4-8/h5-8H,3-4H2,1-2H3. The van der Waals surface area contributed by atoms with Crippen LogP contribution in [0.3, 0.4) is 0 Å². The van der Waals surface area contributed by atoms with Gasteiger partial charge in [0, 0.05) is 36.3 Å². The average molecular weight is 344 g/mol. The maximum absolute atomic E-state index is 12.5. The fourth-order valence-corrected chi connectivity index (χ4v) is 4.28. The maximum Gasteiger partial charge on any atom is 0.241 e. The second kappa shape index (κ2) is 4.21. The summed E-state index contributed by atoms with van der Waals surface area (Å²) in [5.41, 5.74) is 0.645. The van der Waals surface area contributed by atoms with Gasteiger partial charge in [-0.15, -0.1) is 0 Å². The van der Waals surface area contributed by atoms with E-state index in [1.165, 1.54) is 3.97 Å². The summed E-state index contributed by atoms with van der Waals surface area (Å²) >= 11 is 3.42. The highest BCUT2D eigenvalue weighted by molar-refractivity contribution is 9.10. The number of fused-ring (bicyclic) bond motifs is 1. The van der Waals surface area contributed by atoms with Crippen molar-refractivity contribution in [3.05, 3.63) is 22.9 Å². The number of hydrogen-bond donors (Lipinski definition) is 0. The Bertz CT molecular complexity index is 748. The summed E-state index contributed by atoms with van der Waals surface area (Å²) < 4.78 is 27.1. The molecule has 2 aromatic rings. The van der Waals surface area contributed by atoms with Crippen LogP contribution in [0.4, 0.5) is 5.82 Å². The molecule has 19 heavy (non-hydrogen) atoms. The zero-order valence-electron chi connectivity index (χ0n) is 10.7. The van der Waals surface area contributed by atoms with Gasteiger partial charge in [-0.25, -0.2) is 17.4 Å². The lowest BCUT2D eigenvalue weighted by Crippen LogP contribution is -2.19. The molecule has 102 valence electrons. The molecule has 0 bridgehead atoms. The Labute approximate surface area is 120 Å². The highest BCUT2D eigenvalue weighted by Gasteiger charge is 2.38. The normalized spacial score (nSPS) is 15.9. The average Bonchev–Trinajstić information content (AvgIpc) is 3.09. The SMILES string of the molecule is CN(C)c1ncc(Br)c2ccn(S(=O)(=O)C3CC3)c12. The molecular weight excluding hydrogens is 330 g/mol. The maximum atomic E-state index is 12.5. The topological polar surface area (TPSA) is 55.2 Å². The molecule has 0 spiro atoms. The van der Waals surface area contributed by atoms with Crippen molar-refractivity contribution < 1.29 is 8.42 Å². The van der Waals surface area contributed by atoms with Crippen molar-refractivity contribution in [2.45, 2.75) is 18.1 Å². The Morgan fingerprint density at radius 3 is 2.68 bits per heavy atom. The zero-order chi connectivity index (χ0) is 13.8. The number of rotatable bonds is 3. The highest BCUT2D eigenvalue weighted by Crippen LogP contribution is 2.36. The van der Waals surface area contributed by atoms with Gasteiger partial charge in [0.15, 0.2) is 5.82 Å². The van der Waals surface area contributed by atoms with E-state index in [4.69, 9.17) is 0 Å². The summed E-state index contributed by atoms with van der Waals surface area (Å²) in [6, 6.07) is 1.81. The van der Waals surface area contributed by atoms with Crippen molar-refractivity contribution in [2.24, 2.45) is 0 Å². The van der Waals surface area contributed by atoms with E-state index >= 15 is 0 Å². The van der Waals surface area contributed by atoms with Gasteiger partial charge in [-0.3, -0.25) is 0 Å². The first kappa shape index (κ1) is 12.9. The van der Waals surface area contributed by atoms with Gasteiger partial charge in [0.1, 0.15) is 5.52 Å². The molecule has 0 atom stereocenters. The van der Waals surface area contributed by atoms with Gasteiger partial charge in [-0.05, 0) is 34.8 Å². The van der Waals surface area contributed by atoms with Crippen LogP contribution in [0.25, 0.3) is 10.9 Å². The van der Waals surface area contributed by atoms with Crippen molar-refractivity contribution in [3.63, 3.8) is 0 Å². The second-order valence-electron chi connectivity index (χ2n) is 4.94. The molecule has 5 nitrogen and oxygen atoms in total. The van der Waals surface area contributed by atoms with Gasteiger partial charge in [-0.2, -0.15) is 0 Å². The van der Waals surface area contributed by atoms with Crippen LogP contribution in [0.15, 0.2) is 22.9 Å². The van der Waals surface area contributed by atoms with Crippen LogP contribution in [-0.4, -0.2) is 36.7 Å². The molecule has 1 fully saturated rings. The van der Waals surface area contributed by atoms with Crippen LogP contribution in [0, 0.1) is 0 Å². The lowest BCUT2D eigenvalue weighted by Gasteiger charge is -2.15. The van der Waals surface area contributed by atoms with Crippen LogP contribution < -0.4 is 4.90 Å². The summed E-state index contributed by atoms with van der Waals surface area (Å²) in [4.78, 5) is 6.15. The van der Waals surface area contributed by atoms with Crippen LogP contribution in [0.5, 0.6) is 0 Å². The molecule has 0 amide bonds. The second-order valence-corrected chi connectivity index (χ2v) is 7.89. The molecule has 1 aliphatic rings. The van der Waals surface area contributed by atoms with Gasteiger partial charge in [0.25, 0.3) is 0 Å². The minimum atomic E-state index is -3.29. The summed E-state index contributed by atoms with van der Waals surface area (Å²) in [7, 11) is 0.423. The van der Waals surface area contributed by atoms with E-state index in [-0.39, 0.29) is 5.25 Å². The van der Waals surface area contributed by atoms with E-state index < -0.39 is 10.0 Å². The highest BCUT2D eigenvalue weighted by atomic mass is 79.9. The molecule has 1 aliphatic carbocycles. The van der Waals surface area contributed by atoms with Crippen molar-refractivity contribution in [1.82, 2.24) is 8.96 Å². The van der Waals surface area contributed by atoms with Crippen LogP contribution in [-0.2, 0) is 10.0 Å². The summed E-state index contributed by atoms with van der Waals surface area (Å²) in [5.74, 6) is 0.660. The summed E-state index contributed by atoms with van der Waals surface area (Å²) in [6.07, 6.45) is 4.82. The number of halogens is 1. The molecule has 0 saturated heterocycles. The van der Waals surface area contributed by atoms with E-state index in [9.17, 15) is 8.42 Å². The number of anilines is 1. The van der Waals surface area contributed by atoms with Gasteiger partial charge in [-0.1, -0.05) is 0 Å². The van der Waals surface area contributed by atoms with Crippen molar-refractivity contribution in [2.75, 3.05) is 19.0 Å². The third-order valence-electron chi connectivity index (χ3n) is 3.26. The van der Waals surface area contributed by atoms with E-state index in [1.807, 2.05) is 25.1 Å². The Hall–Kier alpha value is -1.08. The Morgan fingerprint density at radius 2 is 2.11 bits per heavy atom. The quantitative estimate of drug-likeness (QED) is 0.857. The molecule has 0 aromatic carbocycles. The Morgan fingerprint density at radius 1 is 1.42 bits per heavy atom. The molecule has 0 radical (unpaired) electrons. The van der Waals surface area contributed by atoms with Crippen LogP contribution in [0.1, 0.15) is 12.8 Å². The predicted octanol–water partition coefficient (Wildman–Crippen LogP) is 2.21. The summed E-state index contributed by atoms with van der Waals surface area (Å²) in [5, 5.41) is 0.625. The van der Waals surface area contributed by atoms with Gasteiger partial charge in [0.2, 0.25) is 10.0 Å². The molecular formula is C12H14BrN3O2S. The number of aromatic nitrogens is 2. The van der Waals surface area contributed by atoms with Crippen LogP contribution >= 0.6 is 15.9 Å². The van der Waals surface area contributed by atoms with Gasteiger partial charge in [0.05, 0.1) is 5.25 Å². The first-order valence-corrected chi connectivity index (χ1v) is 8.30. The van der Waals surface area contributed by atoms with Gasteiger partial charge >= 0.3 is 0 Å². The van der Waals surface area contributed by atoms with E-state index in [1.54, 1.807) is 12.4 Å². The largest absolute Gasteiger partial charge is 0.361 e. The Balaban J connectivity index is 2.35. The predicted molar refractivity (Wildman–Crippen MR) is 79.1 cm³/mol. The van der Waals surface area contributed by atoms with Crippen molar-refractivity contribution in [1.29, 1.82) is 0 Å². The molecule has 0 aliphatic heterocycles. The smallest absolute Gasteiger partial charge is 0.241 e. The van der Waals surface area contributed by atoms with E-state index in [2.05, 4.69) is 20.9 Å². The molecule has 0 N–H and O–H groups in total. The molecule has 0 unspecified atom stereocenters. The number of hydrogen-bond acceptors (Lipinski definition) is 4. The third-order valence-corrected chi connectivity index (χ3v) is 6.06. The molecule has 2 heterocycles. The van der Waals surface area contributed by atoms with Crippen molar-refractivity contribution in [3.8, 4) is 0 Å². The minimum absolute atomic E-state index is 0.239. The third kappa shape index (κ3) is 1.95. The van der Waals surface area contributed by atoms with E-state index in [0.717, 1.165) is 22.7 Å².